The lowest BCUT2D eigenvalue weighted by Gasteiger charge is -2.35. The molecular weight excluding hydrogens is 665 g/mol. The van der Waals surface area contributed by atoms with E-state index in [0.29, 0.717) is 18.2 Å². The van der Waals surface area contributed by atoms with E-state index in [0.717, 1.165) is 82.2 Å². The Balaban J connectivity index is 0.000000195. The number of alkyl halides is 6. The third kappa shape index (κ3) is 8.63. The molecule has 2 nitrogen and oxygen atoms in total. The number of unbranched alkanes of at least 4 members (excludes halogenated alkanes) is 1. The van der Waals surface area contributed by atoms with Gasteiger partial charge >= 0.3 is 12.4 Å². The minimum absolute atomic E-state index is 0.427. The molecule has 2 N–H and O–H groups in total. The first-order valence-electron chi connectivity index (χ1n) is 16.9. The molecule has 1 unspecified atom stereocenters. The number of allylic oxidation sites excluding steroid dienone is 1. The summed E-state index contributed by atoms with van der Waals surface area (Å²) in [6, 6.07) is 29.8. The Morgan fingerprint density at radius 1 is 0.760 bits per heavy atom. The SMILES string of the molecule is C=C(NC1CCC1)c1ccccc1Cc1ccc(C(F)(F)F)cc1.C=C(NCC(F)(F)F)C1(CCCCP)c2ccccc2-c2ccccc21. The van der Waals surface area contributed by atoms with Gasteiger partial charge in [-0.3, -0.25) is 0 Å². The molecule has 4 aromatic carbocycles. The number of rotatable bonds is 12. The van der Waals surface area contributed by atoms with Crippen LogP contribution in [-0.2, 0) is 18.0 Å². The van der Waals surface area contributed by atoms with Crippen LogP contribution < -0.4 is 10.6 Å². The van der Waals surface area contributed by atoms with Crippen LogP contribution in [0.25, 0.3) is 16.8 Å². The highest BCUT2D eigenvalue weighted by molar-refractivity contribution is 7.16. The number of hydrogen-bond acceptors (Lipinski definition) is 2. The van der Waals surface area contributed by atoms with Crippen molar-refractivity contribution >= 4 is 14.9 Å². The van der Waals surface area contributed by atoms with E-state index >= 15 is 0 Å². The maximum atomic E-state index is 12.8. The maximum Gasteiger partial charge on any atom is 0.416 e. The van der Waals surface area contributed by atoms with Crippen LogP contribution in [0, 0.1) is 0 Å². The molecule has 1 saturated carbocycles. The molecule has 0 bridgehead atoms. The van der Waals surface area contributed by atoms with E-state index in [1.807, 2.05) is 72.8 Å². The normalized spacial score (nSPS) is 14.8. The topological polar surface area (TPSA) is 24.1 Å². The summed E-state index contributed by atoms with van der Waals surface area (Å²) in [4.78, 5) is 0. The number of halogens is 6. The van der Waals surface area contributed by atoms with Crippen molar-refractivity contribution in [2.24, 2.45) is 0 Å². The fourth-order valence-corrected chi connectivity index (χ4v) is 7.13. The molecule has 6 rings (SSSR count). The fourth-order valence-electron chi connectivity index (χ4n) is 6.84. The van der Waals surface area contributed by atoms with Gasteiger partial charge < -0.3 is 10.6 Å². The van der Waals surface area contributed by atoms with E-state index < -0.39 is 29.9 Å². The van der Waals surface area contributed by atoms with Gasteiger partial charge in [-0.05, 0) is 90.2 Å². The predicted octanol–water partition coefficient (Wildman–Crippen LogP) is 11.1. The van der Waals surface area contributed by atoms with Crippen molar-refractivity contribution in [3.05, 3.63) is 149 Å². The zero-order valence-electron chi connectivity index (χ0n) is 27.9. The second-order valence-electron chi connectivity index (χ2n) is 13.0. The molecule has 1 atom stereocenters. The molecule has 0 amide bonds. The van der Waals surface area contributed by atoms with E-state index in [4.69, 9.17) is 0 Å². The summed E-state index contributed by atoms with van der Waals surface area (Å²) in [5.74, 6) is 0. The van der Waals surface area contributed by atoms with Gasteiger partial charge in [-0.1, -0.05) is 105 Å². The minimum atomic E-state index is -4.29. The number of fused-ring (bicyclic) bond motifs is 3. The van der Waals surface area contributed by atoms with E-state index in [2.05, 4.69) is 33.0 Å². The molecule has 2 aliphatic rings. The maximum absolute atomic E-state index is 12.8. The van der Waals surface area contributed by atoms with Crippen molar-refractivity contribution in [2.75, 3.05) is 12.7 Å². The van der Waals surface area contributed by atoms with Crippen molar-refractivity contribution in [2.45, 2.75) is 68.8 Å². The minimum Gasteiger partial charge on any atom is -0.382 e. The number of benzene rings is 4. The van der Waals surface area contributed by atoms with Crippen molar-refractivity contribution in [1.29, 1.82) is 0 Å². The Morgan fingerprint density at radius 3 is 1.88 bits per heavy atom. The largest absolute Gasteiger partial charge is 0.416 e. The van der Waals surface area contributed by atoms with Crippen molar-refractivity contribution in [3.8, 4) is 11.1 Å². The van der Waals surface area contributed by atoms with Crippen LogP contribution in [0.1, 0.15) is 71.9 Å². The summed E-state index contributed by atoms with van der Waals surface area (Å²) in [6.45, 7) is 7.14. The third-order valence-electron chi connectivity index (χ3n) is 9.59. The van der Waals surface area contributed by atoms with Crippen molar-refractivity contribution < 1.29 is 26.3 Å². The van der Waals surface area contributed by atoms with E-state index in [9.17, 15) is 26.3 Å². The molecule has 0 aromatic heterocycles. The van der Waals surface area contributed by atoms with E-state index in [1.54, 1.807) is 12.1 Å². The molecule has 0 radical (unpaired) electrons. The highest BCUT2D eigenvalue weighted by Gasteiger charge is 2.45. The molecular formula is C41H43F6N2P. The van der Waals surface area contributed by atoms with Gasteiger partial charge in [0.25, 0.3) is 0 Å². The lowest BCUT2D eigenvalue weighted by atomic mass is 9.72. The van der Waals surface area contributed by atoms with Crippen LogP contribution in [0.5, 0.6) is 0 Å². The first kappa shape index (κ1) is 37.2. The molecule has 2 aliphatic carbocycles. The average molecular weight is 709 g/mol. The molecule has 264 valence electrons. The zero-order chi connectivity index (χ0) is 35.9. The monoisotopic (exact) mass is 708 g/mol. The summed E-state index contributed by atoms with van der Waals surface area (Å²) in [6.07, 6.45) is -0.777. The summed E-state index contributed by atoms with van der Waals surface area (Å²) in [5, 5.41) is 6.03. The smallest absolute Gasteiger partial charge is 0.382 e. The van der Waals surface area contributed by atoms with E-state index in [-0.39, 0.29) is 0 Å². The predicted molar refractivity (Wildman–Crippen MR) is 195 cm³/mol. The summed E-state index contributed by atoms with van der Waals surface area (Å²) < 4.78 is 76.4. The van der Waals surface area contributed by atoms with Crippen LogP contribution in [0.3, 0.4) is 0 Å². The molecule has 50 heavy (non-hydrogen) atoms. The summed E-state index contributed by atoms with van der Waals surface area (Å²) >= 11 is 0. The first-order chi connectivity index (χ1) is 23.8. The zero-order valence-corrected chi connectivity index (χ0v) is 29.1. The second-order valence-corrected chi connectivity index (χ2v) is 13.5. The first-order valence-corrected chi connectivity index (χ1v) is 17.7. The standard InChI is InChI=1S/C21H23F3NP.C20H20F3N/c1-15(25-14-21(22,23)24)20(12-6-7-13-26)18-10-4-2-8-16(18)17-9-3-5-11-19(17)20;1-14(24-18-6-4-7-18)19-8-3-2-5-16(19)13-15-9-11-17(12-10-15)20(21,22)23/h2-5,8-11,25H,1,6-7,12-14,26H2;2-3,5,8-12,18,24H,1,4,6-7,13H2. The Morgan fingerprint density at radius 2 is 1.34 bits per heavy atom. The molecule has 0 heterocycles. The highest BCUT2D eigenvalue weighted by Crippen LogP contribution is 2.54. The van der Waals surface area contributed by atoms with Crippen LogP contribution >= 0.6 is 9.24 Å². The summed E-state index contributed by atoms with van der Waals surface area (Å²) in [5.41, 5.74) is 7.29. The third-order valence-corrected chi connectivity index (χ3v) is 10.00. The van der Waals surface area contributed by atoms with Crippen LogP contribution in [-0.4, -0.2) is 24.9 Å². The average Bonchev–Trinajstić information content (AvgIpc) is 3.36. The van der Waals surface area contributed by atoms with Gasteiger partial charge in [-0.2, -0.15) is 26.3 Å². The quantitative estimate of drug-likeness (QED) is 0.0870. The Kier molecular flexibility index (Phi) is 11.8. The van der Waals surface area contributed by atoms with Crippen LogP contribution in [0.2, 0.25) is 0 Å². The molecule has 0 saturated heterocycles. The van der Waals surface area contributed by atoms with Gasteiger partial charge in [-0.25, -0.2) is 0 Å². The Hall–Kier alpha value is -4.03. The molecule has 4 aromatic rings. The Bertz CT molecular complexity index is 1730. The van der Waals surface area contributed by atoms with Gasteiger partial charge in [0.05, 0.1) is 11.0 Å². The highest BCUT2D eigenvalue weighted by atomic mass is 31.0. The molecule has 9 heteroatoms. The lowest BCUT2D eigenvalue weighted by molar-refractivity contribution is -0.137. The van der Waals surface area contributed by atoms with Crippen molar-refractivity contribution in [3.63, 3.8) is 0 Å². The number of nitrogens with one attached hydrogen (secondary N) is 2. The van der Waals surface area contributed by atoms with Crippen LogP contribution in [0.4, 0.5) is 26.3 Å². The molecule has 0 aliphatic heterocycles. The van der Waals surface area contributed by atoms with Gasteiger partial charge in [0.1, 0.15) is 6.54 Å². The molecule has 1 fully saturated rings. The van der Waals surface area contributed by atoms with Gasteiger partial charge in [-0.15, -0.1) is 9.24 Å². The number of hydrogen-bond donors (Lipinski definition) is 2. The Labute approximate surface area is 293 Å². The fraction of sp³-hybridized carbons (Fsp3) is 0.317. The summed E-state index contributed by atoms with van der Waals surface area (Å²) in [7, 11) is 2.71. The van der Waals surface area contributed by atoms with Crippen LogP contribution in [0.15, 0.2) is 116 Å². The molecule has 0 spiro atoms. The lowest BCUT2D eigenvalue weighted by Crippen LogP contribution is -2.39. The van der Waals surface area contributed by atoms with Gasteiger partial charge in [0.2, 0.25) is 0 Å². The van der Waals surface area contributed by atoms with E-state index in [1.165, 1.54) is 19.3 Å². The van der Waals surface area contributed by atoms with Gasteiger partial charge in [0, 0.05) is 23.0 Å². The second kappa shape index (κ2) is 15.9. The van der Waals surface area contributed by atoms with Crippen molar-refractivity contribution in [1.82, 2.24) is 10.6 Å². The van der Waals surface area contributed by atoms with Gasteiger partial charge in [0.15, 0.2) is 0 Å².